The predicted octanol–water partition coefficient (Wildman–Crippen LogP) is 4.71. The maximum atomic E-state index is 6.24. The first kappa shape index (κ1) is 14.0. The van der Waals surface area contributed by atoms with Crippen molar-refractivity contribution in [1.29, 1.82) is 0 Å². The molecule has 4 rings (SSSR count). The molecule has 0 radical (unpaired) electrons. The zero-order valence-electron chi connectivity index (χ0n) is 13.4. The van der Waals surface area contributed by atoms with Crippen LogP contribution in [0.15, 0.2) is 78.9 Å². The molecular weight excluding hydrogens is 282 g/mol. The molecule has 3 aromatic rings. The largest absolute Gasteiger partial charge is 0.364 e. The number of hydrogen-bond donors (Lipinski definition) is 0. The molecule has 2 heteroatoms. The minimum atomic E-state index is -0.582. The van der Waals surface area contributed by atoms with E-state index in [9.17, 15) is 0 Å². The van der Waals surface area contributed by atoms with Crippen LogP contribution in [0.25, 0.3) is 0 Å². The Bertz CT molecular complexity index is 794. The first-order valence-electron chi connectivity index (χ1n) is 7.82. The fourth-order valence-corrected chi connectivity index (χ4v) is 3.72. The highest BCUT2D eigenvalue weighted by Gasteiger charge is 2.44. The van der Waals surface area contributed by atoms with Gasteiger partial charge >= 0.3 is 0 Å². The van der Waals surface area contributed by atoms with Crippen LogP contribution in [-0.4, -0.2) is 14.2 Å². The zero-order chi connectivity index (χ0) is 15.9. The predicted molar refractivity (Wildman–Crippen MR) is 94.3 cm³/mol. The molecule has 2 nitrogen and oxygen atoms in total. The van der Waals surface area contributed by atoms with Gasteiger partial charge in [-0.25, -0.2) is 0 Å². The lowest BCUT2D eigenvalue weighted by Gasteiger charge is -2.43. The van der Waals surface area contributed by atoms with E-state index in [4.69, 9.17) is 4.74 Å². The summed E-state index contributed by atoms with van der Waals surface area (Å²) in [6.45, 7) is 0. The van der Waals surface area contributed by atoms with E-state index in [1.54, 1.807) is 7.11 Å². The highest BCUT2D eigenvalue weighted by atomic mass is 16.5. The number of benzene rings is 3. The minimum absolute atomic E-state index is 0.582. The van der Waals surface area contributed by atoms with E-state index >= 15 is 0 Å². The second-order valence-electron chi connectivity index (χ2n) is 5.84. The van der Waals surface area contributed by atoms with Crippen LogP contribution in [-0.2, 0) is 10.3 Å². The Morgan fingerprint density at radius 1 is 0.696 bits per heavy atom. The van der Waals surface area contributed by atoms with Crippen LogP contribution in [0.5, 0.6) is 0 Å². The summed E-state index contributed by atoms with van der Waals surface area (Å²) in [5.74, 6) is 0. The van der Waals surface area contributed by atoms with Gasteiger partial charge in [0.15, 0.2) is 0 Å². The molecule has 0 amide bonds. The minimum Gasteiger partial charge on any atom is -0.364 e. The summed E-state index contributed by atoms with van der Waals surface area (Å²) in [6.07, 6.45) is 0. The van der Waals surface area contributed by atoms with Crippen molar-refractivity contribution < 1.29 is 4.74 Å². The van der Waals surface area contributed by atoms with Crippen molar-refractivity contribution in [3.63, 3.8) is 0 Å². The third-order valence-corrected chi connectivity index (χ3v) is 4.78. The first-order chi connectivity index (χ1) is 11.3. The Balaban J connectivity index is 2.12. The van der Waals surface area contributed by atoms with Gasteiger partial charge in [0.2, 0.25) is 0 Å². The van der Waals surface area contributed by atoms with Gasteiger partial charge in [-0.2, -0.15) is 0 Å². The molecule has 1 aliphatic rings. The van der Waals surface area contributed by atoms with Crippen molar-refractivity contribution in [2.45, 2.75) is 5.60 Å². The van der Waals surface area contributed by atoms with E-state index in [-0.39, 0.29) is 0 Å². The van der Waals surface area contributed by atoms with Crippen LogP contribution in [0, 0.1) is 0 Å². The lowest BCUT2D eigenvalue weighted by molar-refractivity contribution is 0.0580. The topological polar surface area (TPSA) is 12.5 Å². The van der Waals surface area contributed by atoms with Gasteiger partial charge in [-0.15, -0.1) is 0 Å². The number of fused-ring (bicyclic) bond motifs is 2. The van der Waals surface area contributed by atoms with Gasteiger partial charge in [0.1, 0.15) is 5.60 Å². The number of anilines is 2. The molecule has 1 heterocycles. The van der Waals surface area contributed by atoms with Crippen LogP contribution in [0.3, 0.4) is 0 Å². The summed E-state index contributed by atoms with van der Waals surface area (Å²) in [4.78, 5) is 2.24. The standard InChI is InChI=1S/C21H19NO/c1-22-19-14-8-6-12-17(19)21(23-2,16-10-4-3-5-11-16)18-13-7-9-15-20(18)22/h3-15H,1-2H3. The highest BCUT2D eigenvalue weighted by Crippen LogP contribution is 2.51. The number of rotatable bonds is 2. The van der Waals surface area contributed by atoms with Gasteiger partial charge < -0.3 is 9.64 Å². The molecule has 0 unspecified atom stereocenters. The van der Waals surface area contributed by atoms with E-state index in [0.29, 0.717) is 0 Å². The van der Waals surface area contributed by atoms with Gasteiger partial charge in [-0.05, 0) is 17.7 Å². The van der Waals surface area contributed by atoms with Crippen molar-refractivity contribution in [2.75, 3.05) is 19.1 Å². The second kappa shape index (κ2) is 5.25. The van der Waals surface area contributed by atoms with Crippen molar-refractivity contribution in [2.24, 2.45) is 0 Å². The van der Waals surface area contributed by atoms with Crippen LogP contribution < -0.4 is 4.90 Å². The molecule has 0 bridgehead atoms. The molecular formula is C21H19NO. The Morgan fingerprint density at radius 3 is 1.70 bits per heavy atom. The van der Waals surface area contributed by atoms with E-state index < -0.39 is 5.60 Å². The number of methoxy groups -OCH3 is 1. The Hall–Kier alpha value is -2.58. The second-order valence-corrected chi connectivity index (χ2v) is 5.84. The fraction of sp³-hybridized carbons (Fsp3) is 0.143. The van der Waals surface area contributed by atoms with Crippen LogP contribution in [0.2, 0.25) is 0 Å². The third-order valence-electron chi connectivity index (χ3n) is 4.78. The average molecular weight is 301 g/mol. The molecule has 0 fully saturated rings. The quantitative estimate of drug-likeness (QED) is 0.680. The van der Waals surface area contributed by atoms with Gasteiger partial charge in [-0.1, -0.05) is 66.7 Å². The lowest BCUT2D eigenvalue weighted by Crippen LogP contribution is -2.38. The SMILES string of the molecule is COC1(c2ccccc2)c2ccccc2N(C)c2ccccc21. The van der Waals surface area contributed by atoms with Gasteiger partial charge in [0.05, 0.1) is 0 Å². The number of hydrogen-bond acceptors (Lipinski definition) is 2. The van der Waals surface area contributed by atoms with E-state index in [2.05, 4.69) is 84.7 Å². The molecule has 23 heavy (non-hydrogen) atoms. The summed E-state index contributed by atoms with van der Waals surface area (Å²) in [5.41, 5.74) is 5.27. The smallest absolute Gasteiger partial charge is 0.147 e. The van der Waals surface area contributed by atoms with Gasteiger partial charge in [-0.3, -0.25) is 0 Å². The average Bonchev–Trinajstić information content (AvgIpc) is 2.64. The Morgan fingerprint density at radius 2 is 1.17 bits per heavy atom. The molecule has 0 saturated carbocycles. The summed E-state index contributed by atoms with van der Waals surface area (Å²) >= 11 is 0. The van der Waals surface area contributed by atoms with E-state index in [1.165, 1.54) is 22.5 Å². The summed E-state index contributed by atoms with van der Waals surface area (Å²) in [7, 11) is 3.91. The summed E-state index contributed by atoms with van der Waals surface area (Å²) in [5, 5.41) is 0. The van der Waals surface area contributed by atoms with Crippen LogP contribution in [0.4, 0.5) is 11.4 Å². The van der Waals surface area contributed by atoms with E-state index in [0.717, 1.165) is 5.56 Å². The van der Waals surface area contributed by atoms with Crippen molar-refractivity contribution >= 4 is 11.4 Å². The Kier molecular flexibility index (Phi) is 3.21. The normalized spacial score (nSPS) is 15.0. The van der Waals surface area contributed by atoms with Gasteiger partial charge in [0.25, 0.3) is 0 Å². The molecule has 0 aromatic heterocycles. The molecule has 0 aliphatic carbocycles. The zero-order valence-corrected chi connectivity index (χ0v) is 13.4. The molecule has 1 aliphatic heterocycles. The third kappa shape index (κ3) is 1.85. The summed E-state index contributed by atoms with van der Waals surface area (Å²) < 4.78 is 6.24. The van der Waals surface area contributed by atoms with Crippen LogP contribution in [0.1, 0.15) is 16.7 Å². The Labute approximate surface area is 137 Å². The van der Waals surface area contributed by atoms with Crippen molar-refractivity contribution in [3.05, 3.63) is 95.6 Å². The summed E-state index contributed by atoms with van der Waals surface area (Å²) in [6, 6.07) is 27.4. The number of ether oxygens (including phenoxy) is 1. The molecule has 0 spiro atoms. The fourth-order valence-electron chi connectivity index (χ4n) is 3.72. The monoisotopic (exact) mass is 301 g/mol. The highest BCUT2D eigenvalue weighted by molar-refractivity contribution is 5.79. The lowest BCUT2D eigenvalue weighted by atomic mass is 9.76. The van der Waals surface area contributed by atoms with E-state index in [1.807, 2.05) is 6.07 Å². The molecule has 0 saturated heterocycles. The van der Waals surface area contributed by atoms with Crippen molar-refractivity contribution in [1.82, 2.24) is 0 Å². The van der Waals surface area contributed by atoms with Gasteiger partial charge in [0, 0.05) is 36.7 Å². The van der Waals surface area contributed by atoms with Crippen LogP contribution >= 0.6 is 0 Å². The molecule has 0 N–H and O–H groups in total. The molecule has 0 atom stereocenters. The van der Waals surface area contributed by atoms with Crippen molar-refractivity contribution in [3.8, 4) is 0 Å². The maximum Gasteiger partial charge on any atom is 0.147 e. The molecule has 114 valence electrons. The maximum absolute atomic E-state index is 6.24. The molecule has 3 aromatic carbocycles. The first-order valence-corrected chi connectivity index (χ1v) is 7.82. The number of para-hydroxylation sites is 2. The number of nitrogens with zero attached hydrogens (tertiary/aromatic N) is 1.